The Hall–Kier alpha value is -3.28. The van der Waals surface area contributed by atoms with Crippen LogP contribution in [0, 0.1) is 18.2 Å². The van der Waals surface area contributed by atoms with Crippen LogP contribution >= 0.6 is 0 Å². The molecule has 4 rings (SSSR count). The summed E-state index contributed by atoms with van der Waals surface area (Å²) >= 11 is 0. The number of Topliss-reactive ketones (excluding diaryl/α,β-unsaturated/α-hetero) is 1. The van der Waals surface area contributed by atoms with Crippen LogP contribution in [0.3, 0.4) is 0 Å². The highest BCUT2D eigenvalue weighted by Gasteiger charge is 2.43. The molecule has 1 atom stereocenters. The van der Waals surface area contributed by atoms with Gasteiger partial charge in [-0.1, -0.05) is 32.0 Å². The second-order valence-corrected chi connectivity index (χ2v) is 9.12. The van der Waals surface area contributed by atoms with Gasteiger partial charge in [-0.2, -0.15) is 0 Å². The van der Waals surface area contributed by atoms with Crippen molar-refractivity contribution in [1.82, 2.24) is 10.3 Å². The molecule has 2 heterocycles. The first-order valence-corrected chi connectivity index (χ1v) is 10.4. The number of benzene rings is 1. The SMILES string of the molecule is CC1=C(C(=O)Nc2cc(C)ccn2)C(c2ccccc2F)C2=C(CC(C)(C)CC2=O)N1. The summed E-state index contributed by atoms with van der Waals surface area (Å²) in [6.45, 7) is 7.78. The van der Waals surface area contributed by atoms with Crippen molar-refractivity contribution in [3.05, 3.63) is 82.1 Å². The predicted octanol–water partition coefficient (Wildman–Crippen LogP) is 4.77. The Morgan fingerprint density at radius 1 is 1.19 bits per heavy atom. The van der Waals surface area contributed by atoms with Gasteiger partial charge < -0.3 is 10.6 Å². The number of carbonyl (C=O) groups is 2. The summed E-state index contributed by atoms with van der Waals surface area (Å²) in [5.41, 5.74) is 3.29. The first-order chi connectivity index (χ1) is 14.7. The lowest BCUT2D eigenvalue weighted by Gasteiger charge is -2.39. The number of allylic oxidation sites excluding steroid dienone is 3. The van der Waals surface area contributed by atoms with E-state index in [0.717, 1.165) is 11.3 Å². The van der Waals surface area contributed by atoms with Gasteiger partial charge in [-0.05, 0) is 49.4 Å². The molecule has 0 fully saturated rings. The van der Waals surface area contributed by atoms with Gasteiger partial charge in [0.2, 0.25) is 0 Å². The van der Waals surface area contributed by atoms with Crippen LogP contribution in [0.2, 0.25) is 0 Å². The fourth-order valence-corrected chi connectivity index (χ4v) is 4.55. The molecule has 160 valence electrons. The third kappa shape index (κ3) is 4.02. The lowest BCUT2D eigenvalue weighted by Crippen LogP contribution is -2.39. The zero-order chi connectivity index (χ0) is 22.3. The van der Waals surface area contributed by atoms with E-state index >= 15 is 0 Å². The Bertz CT molecular complexity index is 1150. The van der Waals surface area contributed by atoms with E-state index in [1.54, 1.807) is 37.4 Å². The van der Waals surface area contributed by atoms with Crippen molar-refractivity contribution >= 4 is 17.5 Å². The summed E-state index contributed by atoms with van der Waals surface area (Å²) in [5.74, 6) is -1.26. The van der Waals surface area contributed by atoms with E-state index in [1.807, 2.05) is 26.8 Å². The summed E-state index contributed by atoms with van der Waals surface area (Å²) in [6, 6.07) is 9.94. The number of rotatable bonds is 3. The number of aromatic nitrogens is 1. The number of nitrogens with one attached hydrogen (secondary N) is 2. The lowest BCUT2D eigenvalue weighted by molar-refractivity contribution is -0.118. The minimum absolute atomic E-state index is 0.0570. The normalized spacial score (nSPS) is 20.3. The van der Waals surface area contributed by atoms with E-state index in [2.05, 4.69) is 15.6 Å². The Kier molecular flexibility index (Phi) is 5.25. The predicted molar refractivity (Wildman–Crippen MR) is 118 cm³/mol. The number of carbonyl (C=O) groups excluding carboxylic acids is 2. The zero-order valence-electron chi connectivity index (χ0n) is 18.2. The van der Waals surface area contributed by atoms with Crippen LogP contribution in [0.1, 0.15) is 50.7 Å². The van der Waals surface area contributed by atoms with Crippen molar-refractivity contribution in [2.75, 3.05) is 5.32 Å². The first-order valence-electron chi connectivity index (χ1n) is 10.4. The molecule has 1 amide bonds. The Balaban J connectivity index is 1.83. The number of aryl methyl sites for hydroxylation is 1. The summed E-state index contributed by atoms with van der Waals surface area (Å²) in [7, 11) is 0. The highest BCUT2D eigenvalue weighted by molar-refractivity contribution is 6.09. The molecule has 2 aromatic rings. The Morgan fingerprint density at radius 2 is 1.94 bits per heavy atom. The summed E-state index contributed by atoms with van der Waals surface area (Å²) < 4.78 is 14.9. The maximum absolute atomic E-state index is 14.9. The summed E-state index contributed by atoms with van der Waals surface area (Å²) in [4.78, 5) is 30.8. The number of anilines is 1. The topological polar surface area (TPSA) is 71.1 Å². The molecule has 1 aliphatic heterocycles. The monoisotopic (exact) mass is 419 g/mol. The standard InChI is InChI=1S/C25H26FN3O2/c1-14-9-10-27-20(11-14)29-24(31)21-15(2)28-18-12-25(3,4)13-19(30)23(18)22(21)16-7-5-6-8-17(16)26/h5-11,22,28H,12-13H2,1-4H3,(H,27,29,31). The molecule has 1 aromatic heterocycles. The molecule has 31 heavy (non-hydrogen) atoms. The van der Waals surface area contributed by atoms with Gasteiger partial charge in [-0.15, -0.1) is 0 Å². The van der Waals surface area contributed by atoms with Crippen molar-refractivity contribution in [1.29, 1.82) is 0 Å². The molecule has 2 aliphatic rings. The van der Waals surface area contributed by atoms with E-state index in [0.29, 0.717) is 41.1 Å². The van der Waals surface area contributed by atoms with Crippen molar-refractivity contribution in [2.24, 2.45) is 5.41 Å². The number of dihydropyridines is 1. The van der Waals surface area contributed by atoms with E-state index in [4.69, 9.17) is 0 Å². The molecule has 5 nitrogen and oxygen atoms in total. The highest BCUT2D eigenvalue weighted by Crippen LogP contribution is 2.47. The number of pyridine rings is 1. The maximum atomic E-state index is 14.9. The van der Waals surface area contributed by atoms with Gasteiger partial charge in [0.15, 0.2) is 5.78 Å². The summed E-state index contributed by atoms with van der Waals surface area (Å²) in [6.07, 6.45) is 2.63. The van der Waals surface area contributed by atoms with Crippen LogP contribution in [0.25, 0.3) is 0 Å². The molecule has 0 radical (unpaired) electrons. The number of nitrogens with zero attached hydrogens (tertiary/aromatic N) is 1. The molecule has 0 spiro atoms. The number of halogens is 1. The van der Waals surface area contributed by atoms with Crippen LogP contribution < -0.4 is 10.6 Å². The van der Waals surface area contributed by atoms with Gasteiger partial charge in [-0.3, -0.25) is 9.59 Å². The largest absolute Gasteiger partial charge is 0.362 e. The number of hydrogen-bond donors (Lipinski definition) is 2. The van der Waals surface area contributed by atoms with Crippen molar-refractivity contribution in [3.8, 4) is 0 Å². The highest BCUT2D eigenvalue weighted by atomic mass is 19.1. The maximum Gasteiger partial charge on any atom is 0.255 e. The lowest BCUT2D eigenvalue weighted by atomic mass is 9.68. The van der Waals surface area contributed by atoms with Gasteiger partial charge in [0.25, 0.3) is 5.91 Å². The molecule has 1 unspecified atom stereocenters. The third-order valence-electron chi connectivity index (χ3n) is 5.86. The molecule has 1 aliphatic carbocycles. The van der Waals surface area contributed by atoms with Gasteiger partial charge in [-0.25, -0.2) is 9.37 Å². The molecule has 0 saturated carbocycles. The smallest absolute Gasteiger partial charge is 0.255 e. The van der Waals surface area contributed by atoms with Crippen LogP contribution in [0.5, 0.6) is 0 Å². The van der Waals surface area contributed by atoms with Crippen LogP contribution in [-0.2, 0) is 9.59 Å². The van der Waals surface area contributed by atoms with Gasteiger partial charge in [0, 0.05) is 46.6 Å². The van der Waals surface area contributed by atoms with E-state index in [-0.39, 0.29) is 11.2 Å². The fraction of sp³-hybridized carbons (Fsp3) is 0.320. The minimum atomic E-state index is -0.772. The quantitative estimate of drug-likeness (QED) is 0.752. The van der Waals surface area contributed by atoms with Crippen LogP contribution in [-0.4, -0.2) is 16.7 Å². The van der Waals surface area contributed by atoms with Crippen molar-refractivity contribution in [2.45, 2.75) is 46.5 Å². The molecule has 6 heteroatoms. The summed E-state index contributed by atoms with van der Waals surface area (Å²) in [5, 5.41) is 6.11. The first kappa shape index (κ1) is 21.0. The number of hydrogen-bond acceptors (Lipinski definition) is 4. The molecule has 1 aromatic carbocycles. The fourth-order valence-electron chi connectivity index (χ4n) is 4.55. The molecular formula is C25H26FN3O2. The van der Waals surface area contributed by atoms with E-state index in [9.17, 15) is 14.0 Å². The second kappa shape index (κ2) is 7.76. The van der Waals surface area contributed by atoms with E-state index in [1.165, 1.54) is 6.07 Å². The van der Waals surface area contributed by atoms with Gasteiger partial charge in [0.1, 0.15) is 11.6 Å². The van der Waals surface area contributed by atoms with E-state index < -0.39 is 17.6 Å². The average Bonchev–Trinajstić information content (AvgIpc) is 2.66. The minimum Gasteiger partial charge on any atom is -0.362 e. The average molecular weight is 420 g/mol. The molecule has 2 N–H and O–H groups in total. The van der Waals surface area contributed by atoms with Crippen molar-refractivity contribution < 1.29 is 14.0 Å². The van der Waals surface area contributed by atoms with Crippen LogP contribution in [0.15, 0.2) is 65.1 Å². The Labute approximate surface area is 181 Å². The molecular weight excluding hydrogens is 393 g/mol. The van der Waals surface area contributed by atoms with Crippen molar-refractivity contribution in [3.63, 3.8) is 0 Å². The third-order valence-corrected chi connectivity index (χ3v) is 5.86. The molecule has 0 saturated heterocycles. The van der Waals surface area contributed by atoms with Gasteiger partial charge >= 0.3 is 0 Å². The van der Waals surface area contributed by atoms with Crippen LogP contribution in [0.4, 0.5) is 10.2 Å². The molecule has 0 bridgehead atoms. The number of amides is 1. The second-order valence-electron chi connectivity index (χ2n) is 9.12. The Morgan fingerprint density at radius 3 is 2.65 bits per heavy atom. The number of ketones is 1. The zero-order valence-corrected chi connectivity index (χ0v) is 18.2. The van der Waals surface area contributed by atoms with Gasteiger partial charge in [0.05, 0.1) is 0 Å².